The van der Waals surface area contributed by atoms with E-state index in [1.165, 1.54) is 6.07 Å². The SMILES string of the molecule is N#Cc1cc(C(F)(F)C(F)(F)F)ncn1. The van der Waals surface area contributed by atoms with E-state index in [9.17, 15) is 22.0 Å². The second-order valence-corrected chi connectivity index (χ2v) is 2.47. The van der Waals surface area contributed by atoms with Crippen LogP contribution in [0.4, 0.5) is 22.0 Å². The smallest absolute Gasteiger partial charge is 0.235 e. The van der Waals surface area contributed by atoms with Gasteiger partial charge in [0.2, 0.25) is 0 Å². The number of nitrogens with zero attached hydrogens (tertiary/aromatic N) is 3. The molecule has 0 aliphatic rings. The van der Waals surface area contributed by atoms with Crippen molar-refractivity contribution in [1.29, 1.82) is 5.26 Å². The minimum atomic E-state index is -5.74. The van der Waals surface area contributed by atoms with Gasteiger partial charge in [0.05, 0.1) is 0 Å². The van der Waals surface area contributed by atoms with Crippen LogP contribution in [0.15, 0.2) is 12.4 Å². The van der Waals surface area contributed by atoms with Crippen molar-refractivity contribution in [3.8, 4) is 6.07 Å². The molecule has 1 rings (SSSR count). The van der Waals surface area contributed by atoms with Gasteiger partial charge in [-0.05, 0) is 0 Å². The Morgan fingerprint density at radius 2 is 1.73 bits per heavy atom. The molecule has 0 atom stereocenters. The molecule has 0 saturated carbocycles. The summed E-state index contributed by atoms with van der Waals surface area (Å²) in [6.45, 7) is 0. The molecular weight excluding hydrogens is 221 g/mol. The zero-order valence-electron chi connectivity index (χ0n) is 6.89. The molecule has 1 heterocycles. The lowest BCUT2D eigenvalue weighted by Crippen LogP contribution is -2.34. The van der Waals surface area contributed by atoms with E-state index in [2.05, 4.69) is 9.97 Å². The van der Waals surface area contributed by atoms with Gasteiger partial charge in [0, 0.05) is 6.07 Å². The maximum atomic E-state index is 12.7. The standard InChI is InChI=1S/C7H2F5N3/c8-6(9,7(10,11)12)5-1-4(2-13)14-3-15-5/h1,3H. The Bertz CT molecular complexity index is 406. The van der Waals surface area contributed by atoms with Gasteiger partial charge in [-0.2, -0.15) is 27.2 Å². The molecule has 0 aromatic carbocycles. The number of hydrogen-bond acceptors (Lipinski definition) is 3. The first-order chi connectivity index (χ1) is 6.79. The molecule has 0 bridgehead atoms. The Kier molecular flexibility index (Phi) is 2.57. The Morgan fingerprint density at radius 1 is 1.13 bits per heavy atom. The molecule has 1 aromatic rings. The van der Waals surface area contributed by atoms with Gasteiger partial charge < -0.3 is 0 Å². The lowest BCUT2D eigenvalue weighted by atomic mass is 10.2. The van der Waals surface area contributed by atoms with Crippen LogP contribution >= 0.6 is 0 Å². The van der Waals surface area contributed by atoms with E-state index in [4.69, 9.17) is 5.26 Å². The number of halogens is 5. The number of rotatable bonds is 1. The topological polar surface area (TPSA) is 49.6 Å². The number of hydrogen-bond donors (Lipinski definition) is 0. The van der Waals surface area contributed by atoms with E-state index >= 15 is 0 Å². The lowest BCUT2D eigenvalue weighted by molar-refractivity contribution is -0.291. The van der Waals surface area contributed by atoms with E-state index < -0.39 is 23.5 Å². The average molecular weight is 223 g/mol. The molecule has 0 aliphatic heterocycles. The molecule has 0 fully saturated rings. The van der Waals surface area contributed by atoms with Crippen molar-refractivity contribution in [3.63, 3.8) is 0 Å². The highest BCUT2D eigenvalue weighted by Crippen LogP contribution is 2.42. The Balaban J connectivity index is 3.23. The zero-order valence-corrected chi connectivity index (χ0v) is 6.89. The summed E-state index contributed by atoms with van der Waals surface area (Å²) in [5.74, 6) is -5.08. The largest absolute Gasteiger partial charge is 0.459 e. The van der Waals surface area contributed by atoms with Crippen molar-refractivity contribution in [2.45, 2.75) is 12.1 Å². The van der Waals surface area contributed by atoms with Crippen LogP contribution in [0.5, 0.6) is 0 Å². The molecule has 0 saturated heterocycles. The first-order valence-corrected chi connectivity index (χ1v) is 3.46. The molecule has 0 unspecified atom stereocenters. The summed E-state index contributed by atoms with van der Waals surface area (Å²) in [5.41, 5.74) is -2.09. The van der Waals surface area contributed by atoms with Crippen molar-refractivity contribution >= 4 is 0 Å². The lowest BCUT2D eigenvalue weighted by Gasteiger charge is -2.18. The third-order valence-electron chi connectivity index (χ3n) is 1.46. The molecular formula is C7H2F5N3. The monoisotopic (exact) mass is 223 g/mol. The quantitative estimate of drug-likeness (QED) is 0.684. The molecule has 15 heavy (non-hydrogen) atoms. The summed E-state index contributed by atoms with van der Waals surface area (Å²) in [4.78, 5) is 5.97. The maximum absolute atomic E-state index is 12.7. The van der Waals surface area contributed by atoms with Crippen molar-refractivity contribution in [1.82, 2.24) is 9.97 Å². The van der Waals surface area contributed by atoms with Crippen LogP contribution in [0.1, 0.15) is 11.4 Å². The normalized spacial score (nSPS) is 12.3. The summed E-state index contributed by atoms with van der Waals surface area (Å²) in [6.07, 6.45) is -5.26. The highest BCUT2D eigenvalue weighted by atomic mass is 19.4. The molecule has 8 heteroatoms. The van der Waals surface area contributed by atoms with Crippen molar-refractivity contribution < 1.29 is 22.0 Å². The van der Waals surface area contributed by atoms with Gasteiger partial charge in [-0.15, -0.1) is 0 Å². The maximum Gasteiger partial charge on any atom is 0.459 e. The Hall–Kier alpha value is -1.78. The van der Waals surface area contributed by atoms with Crippen molar-refractivity contribution in [3.05, 3.63) is 23.8 Å². The van der Waals surface area contributed by atoms with E-state index in [1.807, 2.05) is 0 Å². The molecule has 0 amide bonds. The number of nitriles is 1. The van der Waals surface area contributed by atoms with Crippen LogP contribution in [0, 0.1) is 11.3 Å². The highest BCUT2D eigenvalue weighted by Gasteiger charge is 2.60. The van der Waals surface area contributed by atoms with Crippen LogP contribution in [-0.2, 0) is 5.92 Å². The third kappa shape index (κ3) is 2.01. The second kappa shape index (κ2) is 3.42. The summed E-state index contributed by atoms with van der Waals surface area (Å²) >= 11 is 0. The molecule has 0 radical (unpaired) electrons. The molecule has 0 spiro atoms. The second-order valence-electron chi connectivity index (χ2n) is 2.47. The van der Waals surface area contributed by atoms with E-state index in [-0.39, 0.29) is 0 Å². The van der Waals surface area contributed by atoms with Crippen molar-refractivity contribution in [2.24, 2.45) is 0 Å². The summed E-state index contributed by atoms with van der Waals surface area (Å²) in [7, 11) is 0. The zero-order chi connectivity index (χ0) is 11.7. The van der Waals surface area contributed by atoms with Gasteiger partial charge in [-0.3, -0.25) is 0 Å². The molecule has 0 aliphatic carbocycles. The summed E-state index contributed by atoms with van der Waals surface area (Å²) < 4.78 is 60.9. The van der Waals surface area contributed by atoms with Crippen LogP contribution < -0.4 is 0 Å². The summed E-state index contributed by atoms with van der Waals surface area (Å²) in [6, 6.07) is 1.64. The average Bonchev–Trinajstić information content (AvgIpc) is 2.16. The summed E-state index contributed by atoms with van der Waals surface area (Å²) in [5, 5.41) is 8.26. The number of aromatic nitrogens is 2. The predicted octanol–water partition coefficient (Wildman–Crippen LogP) is 2.00. The molecule has 0 N–H and O–H groups in total. The van der Waals surface area contributed by atoms with Crippen molar-refractivity contribution in [2.75, 3.05) is 0 Å². The first-order valence-electron chi connectivity index (χ1n) is 3.46. The highest BCUT2D eigenvalue weighted by molar-refractivity contribution is 5.24. The van der Waals surface area contributed by atoms with Gasteiger partial charge >= 0.3 is 12.1 Å². The molecule has 80 valence electrons. The Morgan fingerprint density at radius 3 is 2.20 bits per heavy atom. The van der Waals surface area contributed by atoms with E-state index in [0.717, 1.165) is 0 Å². The first kappa shape index (κ1) is 11.3. The van der Waals surface area contributed by atoms with E-state index in [0.29, 0.717) is 12.4 Å². The minimum absolute atomic E-state index is 0.299. The number of alkyl halides is 5. The third-order valence-corrected chi connectivity index (χ3v) is 1.46. The molecule has 3 nitrogen and oxygen atoms in total. The Labute approximate surface area is 80.2 Å². The predicted molar refractivity (Wildman–Crippen MR) is 36.7 cm³/mol. The van der Waals surface area contributed by atoms with Gasteiger partial charge in [-0.25, -0.2) is 9.97 Å². The van der Waals surface area contributed by atoms with Crippen LogP contribution in [0.3, 0.4) is 0 Å². The van der Waals surface area contributed by atoms with Gasteiger partial charge in [0.1, 0.15) is 23.8 Å². The fraction of sp³-hybridized carbons (Fsp3) is 0.286. The minimum Gasteiger partial charge on any atom is -0.235 e. The van der Waals surface area contributed by atoms with Gasteiger partial charge in [0.25, 0.3) is 0 Å². The fourth-order valence-corrected chi connectivity index (χ4v) is 0.735. The molecule has 1 aromatic heterocycles. The van der Waals surface area contributed by atoms with Crippen LogP contribution in [0.2, 0.25) is 0 Å². The van der Waals surface area contributed by atoms with Gasteiger partial charge in [-0.1, -0.05) is 0 Å². The van der Waals surface area contributed by atoms with Gasteiger partial charge in [0.15, 0.2) is 0 Å². The van der Waals surface area contributed by atoms with E-state index in [1.54, 1.807) is 0 Å². The fourth-order valence-electron chi connectivity index (χ4n) is 0.735. The van der Waals surface area contributed by atoms with Crippen LogP contribution in [0.25, 0.3) is 0 Å². The van der Waals surface area contributed by atoms with Crippen LogP contribution in [-0.4, -0.2) is 16.1 Å².